The van der Waals surface area contributed by atoms with E-state index in [2.05, 4.69) is 35.5 Å². The number of nitrogens with one attached hydrogen (secondary N) is 2. The van der Waals surface area contributed by atoms with Gasteiger partial charge in [0.15, 0.2) is 11.5 Å². The Bertz CT molecular complexity index is 2260. The lowest BCUT2D eigenvalue weighted by Crippen LogP contribution is -2.58. The van der Waals surface area contributed by atoms with Crippen LogP contribution in [0.2, 0.25) is 5.02 Å². The smallest absolute Gasteiger partial charge is 0.272 e. The van der Waals surface area contributed by atoms with Gasteiger partial charge in [-0.25, -0.2) is 9.24 Å². The number of benzene rings is 2. The minimum atomic E-state index is -1.10. The summed E-state index contributed by atoms with van der Waals surface area (Å²) in [5.74, 6) is -1.97. The van der Waals surface area contributed by atoms with E-state index < -0.39 is 35.5 Å². The van der Waals surface area contributed by atoms with Crippen molar-refractivity contribution >= 4 is 58.3 Å². The number of rotatable bonds is 8. The van der Waals surface area contributed by atoms with Gasteiger partial charge in [-0.05, 0) is 94.3 Å². The van der Waals surface area contributed by atoms with Gasteiger partial charge in [0.2, 0.25) is 17.5 Å². The second-order valence-electron chi connectivity index (χ2n) is 16.7. The fourth-order valence-corrected chi connectivity index (χ4v) is 9.91. The van der Waals surface area contributed by atoms with Crippen LogP contribution in [0.1, 0.15) is 89.0 Å². The number of ether oxygens (including phenoxy) is 1. The largest absolute Gasteiger partial charge is 0.490 e. The van der Waals surface area contributed by atoms with E-state index in [0.29, 0.717) is 35.6 Å². The molecule has 1 aromatic heterocycles. The molecule has 3 aromatic rings. The van der Waals surface area contributed by atoms with Gasteiger partial charge >= 0.3 is 0 Å². The van der Waals surface area contributed by atoms with Gasteiger partial charge in [-0.2, -0.15) is 0 Å². The Hall–Kier alpha value is -5.66. The van der Waals surface area contributed by atoms with Crippen LogP contribution >= 0.6 is 11.6 Å². The van der Waals surface area contributed by atoms with Crippen molar-refractivity contribution in [2.45, 2.75) is 82.0 Å². The maximum Gasteiger partial charge on any atom is 0.272 e. The maximum atomic E-state index is 15.5. The van der Waals surface area contributed by atoms with Crippen molar-refractivity contribution in [3.63, 3.8) is 0 Å². The Morgan fingerprint density at radius 3 is 2.32 bits per heavy atom. The number of aromatic nitrogens is 2. The summed E-state index contributed by atoms with van der Waals surface area (Å²) in [5.41, 5.74) is 1.11. The van der Waals surface area contributed by atoms with Crippen LogP contribution < -0.4 is 25.2 Å². The van der Waals surface area contributed by atoms with E-state index in [9.17, 15) is 24.0 Å². The third kappa shape index (κ3) is 7.46. The molecule has 1 spiro atoms. The molecule has 17 heteroatoms. The third-order valence-electron chi connectivity index (χ3n) is 12.9. The number of imide groups is 2. The van der Waals surface area contributed by atoms with E-state index in [0.717, 1.165) is 87.9 Å². The molecule has 2 N–H and O–H groups in total. The summed E-state index contributed by atoms with van der Waals surface area (Å²) in [6.45, 7) is 12.0. The van der Waals surface area contributed by atoms with Crippen LogP contribution in [0.5, 0.6) is 5.75 Å². The molecule has 1 unspecified atom stereocenters. The molecule has 59 heavy (non-hydrogen) atoms. The van der Waals surface area contributed by atoms with Crippen molar-refractivity contribution in [2.24, 2.45) is 5.41 Å². The number of hydrogen-bond donors (Lipinski definition) is 2. The lowest BCUT2D eigenvalue weighted by Gasteiger charge is -2.49. The molecular weight excluding hydrogens is 781 g/mol. The van der Waals surface area contributed by atoms with Gasteiger partial charge in [-0.3, -0.25) is 39.1 Å². The van der Waals surface area contributed by atoms with Gasteiger partial charge in [0.05, 0.1) is 34.5 Å². The minimum Gasteiger partial charge on any atom is -0.490 e. The standard InChI is InChI=1S/C42H43ClFN9O6/c1-45-32-7-6-27(18-30(32)43)59-26-4-2-24(3-5-26)46-38(55)33-8-10-36(49-48-33)52-22-42(23-52)14-17-51(21-42)25-12-15-50(16-13-25)35-20-29-28(19-31(35)44)40(57)53(41(29)58)34-9-11-37(54)47-39(34)56/h6-8,10,18-20,24-26,34H,2-5,9,11-17,21-23H2,(H,46,55)(H,47,54,56). The number of anilines is 2. The Kier molecular flexibility index (Phi) is 10.2. The number of piperidine rings is 2. The summed E-state index contributed by atoms with van der Waals surface area (Å²) in [5, 5.41) is 14.3. The molecule has 5 amide bonds. The van der Waals surface area contributed by atoms with Crippen LogP contribution in [0.25, 0.3) is 4.85 Å². The number of carbonyl (C=O) groups excluding carboxylic acids is 5. The van der Waals surface area contributed by atoms with Crippen molar-refractivity contribution in [1.29, 1.82) is 0 Å². The first-order chi connectivity index (χ1) is 28.5. The topological polar surface area (TPSA) is 162 Å². The zero-order valence-corrected chi connectivity index (χ0v) is 33.0. The second kappa shape index (κ2) is 15.5. The second-order valence-corrected chi connectivity index (χ2v) is 17.1. The van der Waals surface area contributed by atoms with E-state index in [-0.39, 0.29) is 58.8 Å². The number of fused-ring (bicyclic) bond motifs is 1. The highest BCUT2D eigenvalue weighted by Gasteiger charge is 2.50. The van der Waals surface area contributed by atoms with Crippen molar-refractivity contribution in [1.82, 2.24) is 30.6 Å². The number of hydrogen-bond acceptors (Lipinski definition) is 11. The Morgan fingerprint density at radius 2 is 1.64 bits per heavy atom. The van der Waals surface area contributed by atoms with Crippen molar-refractivity contribution in [2.75, 3.05) is 49.1 Å². The Morgan fingerprint density at radius 1 is 0.898 bits per heavy atom. The van der Waals surface area contributed by atoms with Crippen LogP contribution in [-0.2, 0) is 9.59 Å². The molecule has 1 saturated carbocycles. The van der Waals surface area contributed by atoms with Gasteiger partial charge in [0.1, 0.15) is 17.6 Å². The molecule has 9 rings (SSSR count). The Balaban J connectivity index is 0.725. The summed E-state index contributed by atoms with van der Waals surface area (Å²) < 4.78 is 21.6. The molecule has 4 saturated heterocycles. The first-order valence-corrected chi connectivity index (χ1v) is 20.6. The fraction of sp³-hybridized carbons (Fsp3) is 0.476. The molecule has 6 aliphatic rings. The van der Waals surface area contributed by atoms with E-state index in [4.69, 9.17) is 22.9 Å². The summed E-state index contributed by atoms with van der Waals surface area (Å²) >= 11 is 6.15. The van der Waals surface area contributed by atoms with Gasteiger partial charge < -0.3 is 19.9 Å². The molecule has 5 aliphatic heterocycles. The molecule has 2 aromatic carbocycles. The van der Waals surface area contributed by atoms with Crippen LogP contribution in [0, 0.1) is 17.8 Å². The zero-order valence-electron chi connectivity index (χ0n) is 32.3. The Labute approximate surface area is 345 Å². The molecule has 306 valence electrons. The SMILES string of the molecule is [C-]#[N+]c1ccc(OC2CCC(NC(=O)c3ccc(N4CC5(CCN(C6CCN(c7cc8c(cc7F)C(=O)N(C7CCC(=O)NC7=O)C8=O)CC6)C5)C4)nn3)CC2)cc1Cl. The molecular formula is C42H43ClFN9O6. The third-order valence-corrected chi connectivity index (χ3v) is 13.2. The number of amides is 5. The van der Waals surface area contributed by atoms with Crippen molar-refractivity contribution < 1.29 is 33.1 Å². The van der Waals surface area contributed by atoms with Crippen molar-refractivity contribution in [3.05, 3.63) is 81.5 Å². The molecule has 5 fully saturated rings. The first-order valence-electron chi connectivity index (χ1n) is 20.2. The quantitative estimate of drug-likeness (QED) is 0.243. The van der Waals surface area contributed by atoms with Crippen LogP contribution in [0.4, 0.5) is 21.6 Å². The lowest BCUT2D eigenvalue weighted by atomic mass is 9.79. The van der Waals surface area contributed by atoms with Gasteiger partial charge in [0.25, 0.3) is 17.7 Å². The van der Waals surface area contributed by atoms with E-state index in [1.54, 1.807) is 24.3 Å². The highest BCUT2D eigenvalue weighted by molar-refractivity contribution is 6.33. The predicted molar refractivity (Wildman–Crippen MR) is 213 cm³/mol. The zero-order chi connectivity index (χ0) is 41.0. The van der Waals surface area contributed by atoms with Crippen molar-refractivity contribution in [3.8, 4) is 5.75 Å². The summed E-state index contributed by atoms with van der Waals surface area (Å²) in [6, 6.07) is 10.5. The molecule has 6 heterocycles. The maximum absolute atomic E-state index is 15.5. The molecule has 1 atom stereocenters. The fourth-order valence-electron chi connectivity index (χ4n) is 9.70. The average Bonchev–Trinajstić information content (AvgIpc) is 3.77. The number of nitrogens with zero attached hydrogens (tertiary/aromatic N) is 7. The van der Waals surface area contributed by atoms with Gasteiger partial charge in [-0.15, -0.1) is 10.2 Å². The van der Waals surface area contributed by atoms with Gasteiger partial charge in [0, 0.05) is 56.6 Å². The summed E-state index contributed by atoms with van der Waals surface area (Å²) in [6.07, 6.45) is 5.88. The first kappa shape index (κ1) is 38.8. The normalized spacial score (nSPS) is 24.5. The van der Waals surface area contributed by atoms with E-state index in [1.807, 2.05) is 11.0 Å². The molecule has 0 bridgehead atoms. The van der Waals surface area contributed by atoms with E-state index >= 15 is 4.39 Å². The molecule has 15 nitrogen and oxygen atoms in total. The van der Waals surface area contributed by atoms with Crippen LogP contribution in [-0.4, -0.2) is 113 Å². The molecule has 0 radical (unpaired) electrons. The average molecular weight is 824 g/mol. The van der Waals surface area contributed by atoms with Crippen LogP contribution in [0.15, 0.2) is 42.5 Å². The number of likely N-dealkylation sites (tertiary alicyclic amines) is 1. The summed E-state index contributed by atoms with van der Waals surface area (Å²) in [4.78, 5) is 74.5. The van der Waals surface area contributed by atoms with Gasteiger partial charge in [-0.1, -0.05) is 17.7 Å². The number of halogens is 2. The lowest BCUT2D eigenvalue weighted by molar-refractivity contribution is -0.136. The van der Waals surface area contributed by atoms with E-state index in [1.165, 1.54) is 6.07 Å². The highest BCUT2D eigenvalue weighted by Crippen LogP contribution is 2.43. The highest BCUT2D eigenvalue weighted by atomic mass is 35.5. The van der Waals surface area contributed by atoms with Crippen LogP contribution in [0.3, 0.4) is 0 Å². The summed E-state index contributed by atoms with van der Waals surface area (Å²) in [7, 11) is 0. The predicted octanol–water partition coefficient (Wildman–Crippen LogP) is 4.52. The minimum absolute atomic E-state index is 0.0111. The monoisotopic (exact) mass is 823 g/mol. The number of carbonyl (C=O) groups is 5. The molecule has 1 aliphatic carbocycles.